The number of guanidine groups is 1. The normalized spacial score (nSPS) is 13.4. The van der Waals surface area contributed by atoms with E-state index in [0.717, 1.165) is 0 Å². The number of carboxylic acid groups (broad SMARTS) is 5. The lowest BCUT2D eigenvalue weighted by Crippen LogP contribution is -2.48. The van der Waals surface area contributed by atoms with Gasteiger partial charge in [0.25, 0.3) is 11.5 Å². The minimum Gasteiger partial charge on any atom is -0.481 e. The second-order valence-corrected chi connectivity index (χ2v) is 16.7. The number of benzene rings is 1. The zero-order valence-corrected chi connectivity index (χ0v) is 39.5. The maximum absolute atomic E-state index is 13.8. The molecule has 0 fully saturated rings. The number of ketones is 3. The Morgan fingerprint density at radius 2 is 1.26 bits per heavy atom. The standard InChI is InChI=1S/C43H54N12O17S/c44-42(45)47-9-1-2-26(29(57)11-21(14-32(61)62)38(67)53-28(15-33(63)64)30(58)12-22(18-73)40(69)70)51-37(66)20(13-31(59)60)10-25(56)7-8-27(41(71)72)52-36(65)19-3-5-23(6-4-19)48-16-24-17-49-35-34(50-24)39(68)55-43(46)54-35/h3-6,17,20-22,26-28,48,73H,1-2,7-16,18H2,(H,51,66)(H,52,65)(H,53,67)(H,59,60)(H,61,62)(H,63,64)(H,69,70)(H,71,72)(H4,44,45,47)(H3,46,49,54,55,68)/t20-,21-,22+,26-,27-,28-/m1/s1. The molecule has 0 radical (unpaired) electrons. The number of aromatic nitrogens is 4. The second kappa shape index (κ2) is 28.3. The second-order valence-electron chi connectivity index (χ2n) is 16.4. The van der Waals surface area contributed by atoms with E-state index in [0.29, 0.717) is 11.4 Å². The number of nitrogens with zero attached hydrogens (tertiary/aromatic N) is 4. The Labute approximate surface area is 418 Å². The van der Waals surface area contributed by atoms with Gasteiger partial charge in [0.2, 0.25) is 17.8 Å². The van der Waals surface area contributed by atoms with E-state index >= 15 is 0 Å². The SMILES string of the molecule is NC(N)=NCCC[C@@H](NC(=O)[C@@H](CC(=O)O)CC(=O)CC[C@@H](NC(=O)c1ccc(NCc2cnc3nc(N)[nH]c(=O)c3n2)cc1)C(=O)O)C(=O)C[C@H](CC(=O)O)C(=O)N[C@H](CC(=O)O)C(=O)C[C@@H](CS)C(=O)O. The van der Waals surface area contributed by atoms with Crippen LogP contribution in [0.15, 0.2) is 40.2 Å². The number of fused-ring (bicyclic) bond motifs is 1. The molecule has 0 unspecified atom stereocenters. The molecule has 0 bridgehead atoms. The summed E-state index contributed by atoms with van der Waals surface area (Å²) in [5.41, 5.74) is 16.6. The number of nitrogens with one attached hydrogen (secondary N) is 5. The van der Waals surface area contributed by atoms with Crippen LogP contribution in [0.2, 0.25) is 0 Å². The van der Waals surface area contributed by atoms with Gasteiger partial charge in [-0.2, -0.15) is 17.6 Å². The predicted octanol–water partition coefficient (Wildman–Crippen LogP) is -1.94. The third-order valence-corrected chi connectivity index (χ3v) is 11.1. The number of carbonyl (C=O) groups is 11. The van der Waals surface area contributed by atoms with E-state index in [4.69, 9.17) is 17.2 Å². The molecule has 30 heteroatoms. The van der Waals surface area contributed by atoms with Gasteiger partial charge in [-0.3, -0.25) is 62.7 Å². The van der Waals surface area contributed by atoms with Crippen LogP contribution in [0.1, 0.15) is 80.3 Å². The molecule has 0 spiro atoms. The number of carbonyl (C=O) groups excluding carboxylic acids is 6. The molecule has 0 aliphatic carbocycles. The first-order valence-electron chi connectivity index (χ1n) is 22.0. The van der Waals surface area contributed by atoms with Gasteiger partial charge >= 0.3 is 29.8 Å². The molecule has 16 N–H and O–H groups in total. The van der Waals surface area contributed by atoms with E-state index in [9.17, 15) is 83.1 Å². The molecule has 0 saturated carbocycles. The number of aliphatic imine (C=N–C) groups is 1. The molecular weight excluding hydrogens is 989 g/mol. The van der Waals surface area contributed by atoms with E-state index in [1.807, 2.05) is 0 Å². The van der Waals surface area contributed by atoms with Gasteiger partial charge in [-0.1, -0.05) is 0 Å². The Morgan fingerprint density at radius 1 is 0.685 bits per heavy atom. The third-order valence-electron chi connectivity index (χ3n) is 10.7. The van der Waals surface area contributed by atoms with Gasteiger partial charge in [0, 0.05) is 49.2 Å². The Bertz CT molecular complexity index is 2660. The van der Waals surface area contributed by atoms with Crippen molar-refractivity contribution in [1.82, 2.24) is 35.9 Å². The fourth-order valence-corrected chi connectivity index (χ4v) is 7.21. The van der Waals surface area contributed by atoms with Crippen LogP contribution in [0.5, 0.6) is 0 Å². The van der Waals surface area contributed by atoms with Crippen LogP contribution >= 0.6 is 12.6 Å². The quantitative estimate of drug-likeness (QED) is 0.0137. The van der Waals surface area contributed by atoms with Crippen molar-refractivity contribution in [2.75, 3.05) is 23.3 Å². The van der Waals surface area contributed by atoms with E-state index in [1.165, 1.54) is 30.5 Å². The topological polar surface area (TPSA) is 499 Å². The summed E-state index contributed by atoms with van der Waals surface area (Å²) in [7, 11) is 0. The average molecular weight is 1040 g/mol. The van der Waals surface area contributed by atoms with Gasteiger partial charge in [0.15, 0.2) is 28.7 Å². The van der Waals surface area contributed by atoms with Crippen molar-refractivity contribution in [3.63, 3.8) is 0 Å². The highest BCUT2D eigenvalue weighted by Gasteiger charge is 2.35. The number of H-pyrrole nitrogens is 1. The van der Waals surface area contributed by atoms with Crippen LogP contribution in [-0.4, -0.2) is 147 Å². The number of amides is 3. The number of nitrogen functional groups attached to an aromatic ring is 1. The summed E-state index contributed by atoms with van der Waals surface area (Å²) in [5.74, 6) is -19.6. The van der Waals surface area contributed by atoms with Gasteiger partial charge in [0.1, 0.15) is 11.8 Å². The smallest absolute Gasteiger partial charge is 0.326 e. The molecule has 2 heterocycles. The number of rotatable bonds is 33. The molecule has 394 valence electrons. The van der Waals surface area contributed by atoms with E-state index in [2.05, 4.69) is 58.8 Å². The lowest BCUT2D eigenvalue weighted by molar-refractivity contribution is -0.145. The maximum atomic E-state index is 13.8. The number of aliphatic carboxylic acids is 5. The van der Waals surface area contributed by atoms with Crippen LogP contribution in [0, 0.1) is 17.8 Å². The molecule has 3 amide bonds. The summed E-state index contributed by atoms with van der Waals surface area (Å²) in [6.07, 6.45) is -5.64. The van der Waals surface area contributed by atoms with Crippen molar-refractivity contribution in [2.24, 2.45) is 34.2 Å². The Kier molecular flexibility index (Phi) is 22.8. The fraction of sp³-hybridized carbons (Fsp3) is 0.442. The van der Waals surface area contributed by atoms with Crippen LogP contribution in [0.4, 0.5) is 11.6 Å². The minimum atomic E-state index is -1.85. The van der Waals surface area contributed by atoms with Crippen molar-refractivity contribution in [2.45, 2.75) is 88.9 Å². The first-order valence-corrected chi connectivity index (χ1v) is 22.6. The number of nitrogens with two attached hydrogens (primary N) is 3. The number of Topliss-reactive ketones (excluding diaryl/α,β-unsaturated/α-hetero) is 3. The molecule has 0 aliphatic heterocycles. The zero-order chi connectivity index (χ0) is 54.5. The van der Waals surface area contributed by atoms with Crippen molar-refractivity contribution < 1.29 is 78.3 Å². The number of aromatic amines is 1. The highest BCUT2D eigenvalue weighted by atomic mass is 32.1. The summed E-state index contributed by atoms with van der Waals surface area (Å²) in [4.78, 5) is 170. The molecule has 29 nitrogen and oxygen atoms in total. The number of thiol groups is 1. The van der Waals surface area contributed by atoms with Crippen LogP contribution < -0.4 is 44.0 Å². The molecule has 2 aromatic heterocycles. The predicted molar refractivity (Wildman–Crippen MR) is 256 cm³/mol. The summed E-state index contributed by atoms with van der Waals surface area (Å²) in [5, 5.41) is 57.6. The number of hydrogen-bond donors (Lipinski definition) is 14. The van der Waals surface area contributed by atoms with Crippen molar-refractivity contribution in [3.05, 3.63) is 52.1 Å². The molecule has 1 aromatic carbocycles. The highest BCUT2D eigenvalue weighted by molar-refractivity contribution is 7.80. The summed E-state index contributed by atoms with van der Waals surface area (Å²) < 4.78 is 0. The molecule has 3 aromatic rings. The van der Waals surface area contributed by atoms with Crippen molar-refractivity contribution >= 4 is 106 Å². The molecular formula is C43H54N12O17S. The monoisotopic (exact) mass is 1040 g/mol. The fourth-order valence-electron chi connectivity index (χ4n) is 6.92. The van der Waals surface area contributed by atoms with Crippen molar-refractivity contribution in [1.29, 1.82) is 0 Å². The molecule has 0 saturated heterocycles. The molecule has 0 aliphatic rings. The van der Waals surface area contributed by atoms with Crippen molar-refractivity contribution in [3.8, 4) is 0 Å². The first-order chi connectivity index (χ1) is 34.4. The largest absolute Gasteiger partial charge is 0.481 e. The highest BCUT2D eigenvalue weighted by Crippen LogP contribution is 2.20. The Balaban J connectivity index is 1.71. The van der Waals surface area contributed by atoms with Crippen LogP contribution in [0.3, 0.4) is 0 Å². The first kappa shape index (κ1) is 58.7. The molecule has 3 rings (SSSR count). The van der Waals surface area contributed by atoms with Gasteiger partial charge in [-0.25, -0.2) is 14.8 Å². The number of anilines is 2. The Morgan fingerprint density at radius 3 is 1.82 bits per heavy atom. The lowest BCUT2D eigenvalue weighted by Gasteiger charge is -2.24. The van der Waals surface area contributed by atoms with E-state index < -0.39 is 158 Å². The third kappa shape index (κ3) is 20.0. The Hall–Kier alpha value is -8.57. The van der Waals surface area contributed by atoms with Crippen LogP contribution in [0.25, 0.3) is 11.2 Å². The van der Waals surface area contributed by atoms with Gasteiger partial charge in [0.05, 0.1) is 67.5 Å². The number of hydrogen-bond acceptors (Lipinski definition) is 19. The minimum absolute atomic E-state index is 0.0207. The van der Waals surface area contributed by atoms with Gasteiger partial charge in [-0.05, 0) is 43.5 Å². The summed E-state index contributed by atoms with van der Waals surface area (Å²) >= 11 is 3.86. The summed E-state index contributed by atoms with van der Waals surface area (Å²) in [6.45, 7) is -0.0205. The molecule has 73 heavy (non-hydrogen) atoms. The number of carboxylic acids is 5. The summed E-state index contributed by atoms with van der Waals surface area (Å²) in [6, 6.07) is 0.620. The van der Waals surface area contributed by atoms with E-state index in [1.54, 1.807) is 0 Å². The average Bonchev–Trinajstić information content (AvgIpc) is 3.30. The van der Waals surface area contributed by atoms with Gasteiger partial charge in [-0.15, -0.1) is 0 Å². The van der Waals surface area contributed by atoms with Gasteiger partial charge < -0.3 is 64.0 Å². The zero-order valence-electron chi connectivity index (χ0n) is 38.6. The lowest BCUT2D eigenvalue weighted by atomic mass is 9.90. The maximum Gasteiger partial charge on any atom is 0.326 e. The van der Waals surface area contributed by atoms with Crippen LogP contribution in [-0.2, 0) is 54.5 Å². The van der Waals surface area contributed by atoms with E-state index in [-0.39, 0.29) is 60.3 Å². The molecule has 6 atom stereocenters.